The van der Waals surface area contributed by atoms with Gasteiger partial charge in [0.2, 0.25) is 0 Å². The van der Waals surface area contributed by atoms with Crippen LogP contribution in [0.1, 0.15) is 33.2 Å². The van der Waals surface area contributed by atoms with Gasteiger partial charge in [0.1, 0.15) is 18.4 Å². The lowest BCUT2D eigenvalue weighted by Crippen LogP contribution is -2.48. The summed E-state index contributed by atoms with van der Waals surface area (Å²) < 4.78 is 5.06. The van der Waals surface area contributed by atoms with Crippen LogP contribution in [0.15, 0.2) is 48.5 Å². The molecule has 7 nitrogen and oxygen atoms in total. The van der Waals surface area contributed by atoms with Gasteiger partial charge >= 0.3 is 0 Å². The van der Waals surface area contributed by atoms with Gasteiger partial charge in [-0.1, -0.05) is 12.1 Å². The fourth-order valence-electron chi connectivity index (χ4n) is 2.48. The predicted molar refractivity (Wildman–Crippen MR) is 97.9 cm³/mol. The number of benzene rings is 2. The van der Waals surface area contributed by atoms with Crippen LogP contribution < -0.4 is 10.1 Å². The third-order valence-corrected chi connectivity index (χ3v) is 4.03. The Morgan fingerprint density at radius 2 is 1.44 bits per heavy atom. The Morgan fingerprint density at radius 1 is 0.963 bits per heavy atom. The lowest BCUT2D eigenvalue weighted by molar-refractivity contribution is -0.125. The second-order valence-electron chi connectivity index (χ2n) is 5.95. The number of aliphatic hydroxyl groups is 2. The molecular formula is C20H21NO6. The number of hydrogen-bond donors (Lipinski definition) is 3. The van der Waals surface area contributed by atoms with E-state index >= 15 is 0 Å². The van der Waals surface area contributed by atoms with Crippen molar-refractivity contribution in [2.45, 2.75) is 19.1 Å². The van der Waals surface area contributed by atoms with E-state index in [0.29, 0.717) is 16.9 Å². The predicted octanol–water partition coefficient (Wildman–Crippen LogP) is 0.967. The summed E-state index contributed by atoms with van der Waals surface area (Å²) in [5.41, 5.74) is 1.10. The number of Topliss-reactive ketones (excluding diaryl/α,β-unsaturated/α-hetero) is 1. The number of carbonyl (C=O) groups is 3. The van der Waals surface area contributed by atoms with Crippen molar-refractivity contribution in [1.29, 1.82) is 0 Å². The van der Waals surface area contributed by atoms with Gasteiger partial charge in [-0.05, 0) is 43.3 Å². The normalized spacial score (nSPS) is 12.7. The molecular weight excluding hydrogens is 350 g/mol. The number of ketones is 2. The van der Waals surface area contributed by atoms with Gasteiger partial charge < -0.3 is 20.3 Å². The number of nitrogens with one attached hydrogen (secondary N) is 1. The Morgan fingerprint density at radius 3 is 1.89 bits per heavy atom. The summed E-state index contributed by atoms with van der Waals surface area (Å²) in [4.78, 5) is 36.3. The van der Waals surface area contributed by atoms with E-state index in [-0.39, 0.29) is 11.3 Å². The Balaban J connectivity index is 2.12. The van der Waals surface area contributed by atoms with Crippen molar-refractivity contribution in [3.8, 4) is 5.75 Å². The molecule has 0 aliphatic heterocycles. The highest BCUT2D eigenvalue weighted by Crippen LogP contribution is 2.16. The van der Waals surface area contributed by atoms with Crippen LogP contribution in [0.5, 0.6) is 5.75 Å². The van der Waals surface area contributed by atoms with Crippen molar-refractivity contribution in [1.82, 2.24) is 5.32 Å². The lowest BCUT2D eigenvalue weighted by Gasteiger charge is -2.19. The topological polar surface area (TPSA) is 113 Å². The maximum absolute atomic E-state index is 12.5. The van der Waals surface area contributed by atoms with Gasteiger partial charge in [0.25, 0.3) is 5.91 Å². The molecule has 0 saturated carbocycles. The lowest BCUT2D eigenvalue weighted by atomic mass is 10.0. The highest BCUT2D eigenvalue weighted by molar-refractivity contribution is 6.09. The van der Waals surface area contributed by atoms with Crippen LogP contribution in [-0.4, -0.2) is 53.5 Å². The van der Waals surface area contributed by atoms with E-state index in [1.54, 1.807) is 24.3 Å². The summed E-state index contributed by atoms with van der Waals surface area (Å²) in [7, 11) is 1.54. The smallest absolute Gasteiger partial charge is 0.251 e. The fraction of sp³-hybridized carbons (Fsp3) is 0.250. The number of amides is 1. The zero-order chi connectivity index (χ0) is 20.0. The molecule has 27 heavy (non-hydrogen) atoms. The van der Waals surface area contributed by atoms with Gasteiger partial charge in [-0.2, -0.15) is 0 Å². The van der Waals surface area contributed by atoms with Crippen LogP contribution in [0, 0.1) is 0 Å². The van der Waals surface area contributed by atoms with Gasteiger partial charge in [0.15, 0.2) is 11.6 Å². The van der Waals surface area contributed by atoms with Crippen LogP contribution >= 0.6 is 0 Å². The minimum Gasteiger partial charge on any atom is -0.497 e. The van der Waals surface area contributed by atoms with Crippen molar-refractivity contribution in [3.63, 3.8) is 0 Å². The first kappa shape index (κ1) is 20.3. The zero-order valence-electron chi connectivity index (χ0n) is 15.0. The van der Waals surface area contributed by atoms with E-state index in [0.717, 1.165) is 0 Å². The maximum Gasteiger partial charge on any atom is 0.251 e. The van der Waals surface area contributed by atoms with Gasteiger partial charge in [0, 0.05) is 16.7 Å². The number of hydrogen-bond acceptors (Lipinski definition) is 6. The molecule has 1 amide bonds. The molecule has 0 aliphatic carbocycles. The maximum atomic E-state index is 12.5. The summed E-state index contributed by atoms with van der Waals surface area (Å²) in [6, 6.07) is 11.4. The molecule has 0 bridgehead atoms. The van der Waals surface area contributed by atoms with Crippen LogP contribution in [0.4, 0.5) is 0 Å². The average molecular weight is 371 g/mol. The SMILES string of the molecule is COc1ccc(C(=O)c2ccc(C(=O)N[C@H](C(=O)CO)[C@@H](C)O)cc2)cc1. The van der Waals surface area contributed by atoms with Crippen LogP contribution in [0.25, 0.3) is 0 Å². The molecule has 2 aromatic carbocycles. The Labute approximate surface area is 156 Å². The van der Waals surface area contributed by atoms with Crippen molar-refractivity contribution < 1.29 is 29.3 Å². The molecule has 7 heteroatoms. The van der Waals surface area contributed by atoms with Crippen molar-refractivity contribution >= 4 is 17.5 Å². The highest BCUT2D eigenvalue weighted by atomic mass is 16.5. The zero-order valence-corrected chi connectivity index (χ0v) is 15.0. The third kappa shape index (κ3) is 4.99. The van der Waals surface area contributed by atoms with E-state index in [1.165, 1.54) is 38.3 Å². The second-order valence-corrected chi connectivity index (χ2v) is 5.95. The average Bonchev–Trinajstić information content (AvgIpc) is 2.70. The molecule has 3 N–H and O–H groups in total. The van der Waals surface area contributed by atoms with Crippen molar-refractivity contribution in [3.05, 3.63) is 65.2 Å². The van der Waals surface area contributed by atoms with Crippen LogP contribution in [-0.2, 0) is 4.79 Å². The summed E-state index contributed by atoms with van der Waals surface area (Å²) in [6.45, 7) is 0.556. The minimum absolute atomic E-state index is 0.207. The van der Waals surface area contributed by atoms with Gasteiger partial charge in [0.05, 0.1) is 13.2 Å². The Kier molecular flexibility index (Phi) is 6.81. The molecule has 142 valence electrons. The van der Waals surface area contributed by atoms with Gasteiger partial charge in [-0.15, -0.1) is 0 Å². The summed E-state index contributed by atoms with van der Waals surface area (Å²) >= 11 is 0. The summed E-state index contributed by atoms with van der Waals surface area (Å²) in [6.07, 6.45) is -1.15. The molecule has 2 aromatic rings. The van der Waals surface area contributed by atoms with Crippen molar-refractivity contribution in [2.24, 2.45) is 0 Å². The first-order valence-corrected chi connectivity index (χ1v) is 8.28. The van der Waals surface area contributed by atoms with Gasteiger partial charge in [-0.3, -0.25) is 14.4 Å². The number of methoxy groups -OCH3 is 1. The molecule has 0 aliphatic rings. The van der Waals surface area contributed by atoms with Crippen LogP contribution in [0.2, 0.25) is 0 Å². The third-order valence-electron chi connectivity index (χ3n) is 4.03. The molecule has 0 spiro atoms. The standard InChI is InChI=1S/C20H21NO6/c1-12(23)18(17(24)11-22)21-20(26)15-5-3-13(4-6-15)19(25)14-7-9-16(27-2)10-8-14/h3-10,12,18,22-23H,11H2,1-2H3,(H,21,26)/t12-,18+/m1/s1. The minimum atomic E-state index is -1.21. The van der Waals surface area contributed by atoms with E-state index < -0.39 is 30.4 Å². The monoisotopic (exact) mass is 371 g/mol. The van der Waals surface area contributed by atoms with E-state index in [1.807, 2.05) is 0 Å². The second kappa shape index (κ2) is 9.07. The van der Waals surface area contributed by atoms with Crippen LogP contribution in [0.3, 0.4) is 0 Å². The first-order chi connectivity index (χ1) is 12.9. The number of rotatable bonds is 8. The fourth-order valence-corrected chi connectivity index (χ4v) is 2.48. The number of ether oxygens (including phenoxy) is 1. The molecule has 0 heterocycles. The van der Waals surface area contributed by atoms with E-state index in [9.17, 15) is 19.5 Å². The molecule has 0 radical (unpaired) electrons. The highest BCUT2D eigenvalue weighted by Gasteiger charge is 2.25. The molecule has 0 unspecified atom stereocenters. The Hall–Kier alpha value is -3.03. The molecule has 0 aromatic heterocycles. The molecule has 2 atom stereocenters. The summed E-state index contributed by atoms with van der Waals surface area (Å²) in [5.74, 6) is -0.846. The van der Waals surface area contributed by atoms with E-state index in [4.69, 9.17) is 9.84 Å². The quantitative estimate of drug-likeness (QED) is 0.596. The van der Waals surface area contributed by atoms with Crippen molar-refractivity contribution in [2.75, 3.05) is 13.7 Å². The summed E-state index contributed by atoms with van der Waals surface area (Å²) in [5, 5.41) is 20.9. The van der Waals surface area contributed by atoms with Gasteiger partial charge in [-0.25, -0.2) is 0 Å². The first-order valence-electron chi connectivity index (χ1n) is 8.28. The number of carbonyl (C=O) groups excluding carboxylic acids is 3. The molecule has 0 saturated heterocycles. The molecule has 2 rings (SSSR count). The Bertz CT molecular complexity index is 811. The van der Waals surface area contributed by atoms with E-state index in [2.05, 4.69) is 5.32 Å². The molecule has 0 fully saturated rings. The largest absolute Gasteiger partial charge is 0.497 e. The number of aliphatic hydroxyl groups excluding tert-OH is 2.